The van der Waals surface area contributed by atoms with Crippen LogP contribution in [0.2, 0.25) is 0 Å². The van der Waals surface area contributed by atoms with Gasteiger partial charge in [-0.05, 0) is 36.6 Å². The third kappa shape index (κ3) is 7.12. The Bertz CT molecular complexity index is 777. The van der Waals surface area contributed by atoms with Gasteiger partial charge in [0, 0.05) is 38.1 Å². The SMILES string of the molecule is CC(C)COC(=O)N1CCCN(CC(=O)Nc2ccc(S(C)(=O)=O)cc2)CC1. The molecular formula is C19H29N3O5S. The fourth-order valence-corrected chi connectivity index (χ4v) is 3.46. The van der Waals surface area contributed by atoms with Crippen LogP contribution in [0.15, 0.2) is 29.2 Å². The van der Waals surface area contributed by atoms with Gasteiger partial charge in [0.1, 0.15) is 0 Å². The molecule has 28 heavy (non-hydrogen) atoms. The van der Waals surface area contributed by atoms with E-state index in [9.17, 15) is 18.0 Å². The molecule has 9 heteroatoms. The topological polar surface area (TPSA) is 96.0 Å². The molecule has 0 saturated carbocycles. The van der Waals surface area contributed by atoms with Crippen molar-refractivity contribution in [3.63, 3.8) is 0 Å². The van der Waals surface area contributed by atoms with Gasteiger partial charge in [-0.25, -0.2) is 13.2 Å². The van der Waals surface area contributed by atoms with Gasteiger partial charge in [0.2, 0.25) is 5.91 Å². The number of ether oxygens (including phenoxy) is 1. The van der Waals surface area contributed by atoms with Crippen molar-refractivity contribution in [1.82, 2.24) is 9.80 Å². The molecule has 1 aliphatic heterocycles. The van der Waals surface area contributed by atoms with Crippen LogP contribution in [0.3, 0.4) is 0 Å². The highest BCUT2D eigenvalue weighted by Crippen LogP contribution is 2.14. The van der Waals surface area contributed by atoms with E-state index in [2.05, 4.69) is 5.32 Å². The van der Waals surface area contributed by atoms with Gasteiger partial charge in [-0.2, -0.15) is 0 Å². The molecule has 0 spiro atoms. The Morgan fingerprint density at radius 2 is 1.79 bits per heavy atom. The molecule has 2 amide bonds. The molecule has 1 aromatic rings. The van der Waals surface area contributed by atoms with Crippen molar-refractivity contribution in [3.05, 3.63) is 24.3 Å². The van der Waals surface area contributed by atoms with Crippen molar-refractivity contribution in [2.45, 2.75) is 25.2 Å². The number of sulfone groups is 1. The number of amides is 2. The first-order valence-electron chi connectivity index (χ1n) is 9.39. The lowest BCUT2D eigenvalue weighted by atomic mass is 10.2. The summed E-state index contributed by atoms with van der Waals surface area (Å²) in [4.78, 5) is 28.3. The summed E-state index contributed by atoms with van der Waals surface area (Å²) in [6.07, 6.45) is 1.61. The lowest BCUT2D eigenvalue weighted by Crippen LogP contribution is -2.38. The van der Waals surface area contributed by atoms with E-state index in [1.165, 1.54) is 12.1 Å². The summed E-state index contributed by atoms with van der Waals surface area (Å²) in [6, 6.07) is 6.08. The molecule has 8 nitrogen and oxygen atoms in total. The Hall–Kier alpha value is -2.13. The van der Waals surface area contributed by atoms with Gasteiger partial charge in [0.05, 0.1) is 18.0 Å². The van der Waals surface area contributed by atoms with E-state index in [1.807, 2.05) is 18.7 Å². The summed E-state index contributed by atoms with van der Waals surface area (Å²) in [6.45, 7) is 7.04. The fourth-order valence-electron chi connectivity index (χ4n) is 2.83. The van der Waals surface area contributed by atoms with Crippen LogP contribution in [0, 0.1) is 5.92 Å². The monoisotopic (exact) mass is 411 g/mol. The minimum atomic E-state index is -3.26. The summed E-state index contributed by atoms with van der Waals surface area (Å²) in [5.41, 5.74) is 0.547. The van der Waals surface area contributed by atoms with Gasteiger partial charge >= 0.3 is 6.09 Å². The van der Waals surface area contributed by atoms with Crippen LogP contribution >= 0.6 is 0 Å². The van der Waals surface area contributed by atoms with Gasteiger partial charge in [-0.1, -0.05) is 13.8 Å². The number of carbonyl (C=O) groups excluding carboxylic acids is 2. The number of nitrogens with one attached hydrogen (secondary N) is 1. The van der Waals surface area contributed by atoms with Gasteiger partial charge in [-0.3, -0.25) is 9.69 Å². The van der Waals surface area contributed by atoms with Crippen LogP contribution in [0.1, 0.15) is 20.3 Å². The summed E-state index contributed by atoms with van der Waals surface area (Å²) in [5, 5.41) is 2.77. The van der Waals surface area contributed by atoms with E-state index in [1.54, 1.807) is 17.0 Å². The first kappa shape index (κ1) is 22.2. The van der Waals surface area contributed by atoms with E-state index in [4.69, 9.17) is 4.74 Å². The summed E-state index contributed by atoms with van der Waals surface area (Å²) in [7, 11) is -3.26. The molecule has 1 saturated heterocycles. The molecule has 0 unspecified atom stereocenters. The number of hydrogen-bond donors (Lipinski definition) is 1. The highest BCUT2D eigenvalue weighted by molar-refractivity contribution is 7.90. The van der Waals surface area contributed by atoms with E-state index >= 15 is 0 Å². The van der Waals surface area contributed by atoms with Crippen LogP contribution < -0.4 is 5.32 Å². The van der Waals surface area contributed by atoms with Gasteiger partial charge in [0.15, 0.2) is 9.84 Å². The van der Waals surface area contributed by atoms with Crippen LogP contribution in [0.5, 0.6) is 0 Å². The largest absolute Gasteiger partial charge is 0.449 e. The number of hydrogen-bond acceptors (Lipinski definition) is 6. The molecule has 0 aliphatic carbocycles. The molecule has 0 bridgehead atoms. The fraction of sp³-hybridized carbons (Fsp3) is 0.579. The molecule has 0 atom stereocenters. The van der Waals surface area contributed by atoms with E-state index in [-0.39, 0.29) is 23.4 Å². The minimum Gasteiger partial charge on any atom is -0.449 e. The smallest absolute Gasteiger partial charge is 0.409 e. The third-order valence-corrected chi connectivity index (χ3v) is 5.45. The van der Waals surface area contributed by atoms with Gasteiger partial charge in [0.25, 0.3) is 0 Å². The average Bonchev–Trinajstić information content (AvgIpc) is 2.85. The molecule has 0 radical (unpaired) electrons. The van der Waals surface area contributed by atoms with Gasteiger partial charge < -0.3 is 15.0 Å². The van der Waals surface area contributed by atoms with Crippen LogP contribution in [0.25, 0.3) is 0 Å². The first-order chi connectivity index (χ1) is 13.1. The second-order valence-corrected chi connectivity index (χ2v) is 9.45. The Morgan fingerprint density at radius 1 is 1.11 bits per heavy atom. The molecule has 1 aliphatic rings. The van der Waals surface area contributed by atoms with E-state index < -0.39 is 9.84 Å². The van der Waals surface area contributed by atoms with Crippen LogP contribution in [0.4, 0.5) is 10.5 Å². The number of nitrogens with zero attached hydrogens (tertiary/aromatic N) is 2. The van der Waals surface area contributed by atoms with Crippen molar-refractivity contribution in [2.75, 3.05) is 50.9 Å². The number of anilines is 1. The first-order valence-corrected chi connectivity index (χ1v) is 11.3. The summed E-state index contributed by atoms with van der Waals surface area (Å²) in [5.74, 6) is 0.116. The molecule has 2 rings (SSSR count). The zero-order valence-electron chi connectivity index (χ0n) is 16.7. The Morgan fingerprint density at radius 3 is 2.39 bits per heavy atom. The summed E-state index contributed by atoms with van der Waals surface area (Å²) >= 11 is 0. The standard InChI is InChI=1S/C19H29N3O5S/c1-15(2)14-27-19(24)22-10-4-9-21(11-12-22)13-18(23)20-16-5-7-17(8-6-16)28(3,25)26/h5-8,15H,4,9-14H2,1-3H3,(H,20,23). The van der Waals surface area contributed by atoms with Crippen molar-refractivity contribution in [1.29, 1.82) is 0 Å². The van der Waals surface area contributed by atoms with Crippen LogP contribution in [-0.2, 0) is 19.4 Å². The normalized spacial score (nSPS) is 15.9. The highest BCUT2D eigenvalue weighted by Gasteiger charge is 2.21. The number of rotatable bonds is 6. The lowest BCUT2D eigenvalue weighted by molar-refractivity contribution is -0.117. The Balaban J connectivity index is 1.82. The zero-order valence-corrected chi connectivity index (χ0v) is 17.5. The minimum absolute atomic E-state index is 0.178. The van der Waals surface area contributed by atoms with Crippen molar-refractivity contribution in [2.24, 2.45) is 5.92 Å². The Labute approximate surface area is 166 Å². The van der Waals surface area contributed by atoms with Crippen molar-refractivity contribution < 1.29 is 22.7 Å². The second-order valence-electron chi connectivity index (χ2n) is 7.43. The molecule has 1 fully saturated rings. The highest BCUT2D eigenvalue weighted by atomic mass is 32.2. The average molecular weight is 412 g/mol. The molecular weight excluding hydrogens is 382 g/mol. The third-order valence-electron chi connectivity index (χ3n) is 4.32. The summed E-state index contributed by atoms with van der Waals surface area (Å²) < 4.78 is 28.2. The molecule has 1 N–H and O–H groups in total. The molecule has 1 aromatic carbocycles. The number of carbonyl (C=O) groups is 2. The van der Waals surface area contributed by atoms with Crippen LogP contribution in [-0.4, -0.2) is 75.8 Å². The molecule has 156 valence electrons. The predicted octanol–water partition coefficient (Wildman–Crippen LogP) is 1.83. The van der Waals surface area contributed by atoms with E-state index in [0.29, 0.717) is 44.4 Å². The predicted molar refractivity (Wildman–Crippen MR) is 107 cm³/mol. The maximum Gasteiger partial charge on any atom is 0.409 e. The maximum absolute atomic E-state index is 12.3. The quantitative estimate of drug-likeness (QED) is 0.767. The lowest BCUT2D eigenvalue weighted by Gasteiger charge is -2.21. The zero-order chi connectivity index (χ0) is 20.7. The second kappa shape index (κ2) is 9.88. The molecule has 0 aromatic heterocycles. The molecule has 1 heterocycles. The van der Waals surface area contributed by atoms with E-state index in [0.717, 1.165) is 12.7 Å². The maximum atomic E-state index is 12.3. The van der Waals surface area contributed by atoms with Crippen molar-refractivity contribution in [3.8, 4) is 0 Å². The van der Waals surface area contributed by atoms with Crippen molar-refractivity contribution >= 4 is 27.5 Å². The Kier molecular flexibility index (Phi) is 7.82. The van der Waals surface area contributed by atoms with Gasteiger partial charge in [-0.15, -0.1) is 0 Å². The number of benzene rings is 1.